The van der Waals surface area contributed by atoms with Gasteiger partial charge in [-0.1, -0.05) is 30.3 Å². The monoisotopic (exact) mass is 537 g/mol. The highest BCUT2D eigenvalue weighted by Crippen LogP contribution is 2.55. The second-order valence-corrected chi connectivity index (χ2v) is 10.8. The summed E-state index contributed by atoms with van der Waals surface area (Å²) in [6.45, 7) is 1.03. The number of hydrogen-bond acceptors (Lipinski definition) is 4. The molecule has 3 aromatic carbocycles. The van der Waals surface area contributed by atoms with Gasteiger partial charge in [0, 0.05) is 36.4 Å². The van der Waals surface area contributed by atoms with E-state index < -0.39 is 6.04 Å². The fourth-order valence-electron chi connectivity index (χ4n) is 5.61. The van der Waals surface area contributed by atoms with Crippen LogP contribution >= 0.6 is 0 Å². The standard InChI is InChI=1S/C31H31N5O4/c37-27(11-6-18-35-25-10-5-4-9-24(25)34-30(35)40)36-20-31(16-17-31)19-26(36)29(39)33-23-14-12-22(13-15-23)32-28(38)21-7-2-1-3-8-21/h1-5,7-10,12-15,26H,6,11,16-20H2,(H,32,38)(H,33,39)(H,34,40)/t26-/m0/s1. The maximum atomic E-state index is 13.3. The molecule has 1 aromatic heterocycles. The molecule has 2 aliphatic rings. The quantitative estimate of drug-likeness (QED) is 0.309. The molecule has 40 heavy (non-hydrogen) atoms. The highest BCUT2D eigenvalue weighted by Gasteiger charge is 2.55. The molecule has 4 aromatic rings. The number of para-hydroxylation sites is 2. The van der Waals surface area contributed by atoms with Gasteiger partial charge in [0.15, 0.2) is 0 Å². The summed E-state index contributed by atoms with van der Waals surface area (Å²) in [4.78, 5) is 55.9. The molecule has 1 aliphatic carbocycles. The average molecular weight is 538 g/mol. The summed E-state index contributed by atoms with van der Waals surface area (Å²) >= 11 is 0. The molecule has 204 valence electrons. The van der Waals surface area contributed by atoms with Crippen molar-refractivity contribution >= 4 is 40.1 Å². The van der Waals surface area contributed by atoms with Gasteiger partial charge in [0.25, 0.3) is 5.91 Å². The maximum absolute atomic E-state index is 13.3. The number of carbonyl (C=O) groups excluding carboxylic acids is 3. The number of carbonyl (C=O) groups is 3. The molecule has 9 nitrogen and oxygen atoms in total. The van der Waals surface area contributed by atoms with E-state index in [4.69, 9.17) is 0 Å². The maximum Gasteiger partial charge on any atom is 0.326 e. The van der Waals surface area contributed by atoms with E-state index in [0.717, 1.165) is 23.9 Å². The number of aromatic nitrogens is 2. The minimum atomic E-state index is -0.525. The number of nitrogens with one attached hydrogen (secondary N) is 3. The normalized spacial score (nSPS) is 17.2. The van der Waals surface area contributed by atoms with Crippen LogP contribution in [-0.4, -0.2) is 44.8 Å². The fourth-order valence-corrected chi connectivity index (χ4v) is 5.61. The average Bonchev–Trinajstić information content (AvgIpc) is 3.50. The van der Waals surface area contributed by atoms with Crippen molar-refractivity contribution in [2.75, 3.05) is 17.2 Å². The van der Waals surface area contributed by atoms with Gasteiger partial charge < -0.3 is 20.5 Å². The summed E-state index contributed by atoms with van der Waals surface area (Å²) in [6.07, 6.45) is 3.50. The summed E-state index contributed by atoms with van der Waals surface area (Å²) in [5, 5.41) is 5.81. The molecule has 1 saturated heterocycles. The molecule has 1 spiro atoms. The zero-order valence-electron chi connectivity index (χ0n) is 22.1. The molecule has 3 amide bonds. The Morgan fingerprint density at radius 3 is 2.27 bits per heavy atom. The highest BCUT2D eigenvalue weighted by atomic mass is 16.2. The van der Waals surface area contributed by atoms with Crippen molar-refractivity contribution in [3.8, 4) is 0 Å². The van der Waals surface area contributed by atoms with Crippen LogP contribution in [0.15, 0.2) is 83.7 Å². The van der Waals surface area contributed by atoms with Crippen molar-refractivity contribution in [2.24, 2.45) is 5.41 Å². The van der Waals surface area contributed by atoms with Crippen molar-refractivity contribution in [1.82, 2.24) is 14.5 Å². The van der Waals surface area contributed by atoms with Crippen molar-refractivity contribution in [3.05, 3.63) is 94.9 Å². The smallest absolute Gasteiger partial charge is 0.326 e. The molecule has 0 radical (unpaired) electrons. The van der Waals surface area contributed by atoms with Gasteiger partial charge in [-0.15, -0.1) is 0 Å². The zero-order chi connectivity index (χ0) is 27.7. The summed E-state index contributed by atoms with van der Waals surface area (Å²) in [7, 11) is 0. The summed E-state index contributed by atoms with van der Waals surface area (Å²) in [5.74, 6) is -0.469. The van der Waals surface area contributed by atoms with Gasteiger partial charge in [-0.3, -0.25) is 19.0 Å². The first kappa shape index (κ1) is 25.6. The van der Waals surface area contributed by atoms with E-state index in [1.807, 2.05) is 42.5 Å². The van der Waals surface area contributed by atoms with Gasteiger partial charge in [0.05, 0.1) is 11.0 Å². The molecule has 1 aliphatic heterocycles. The van der Waals surface area contributed by atoms with Gasteiger partial charge in [-0.25, -0.2) is 4.79 Å². The number of anilines is 2. The third-order valence-corrected chi connectivity index (χ3v) is 7.99. The number of rotatable bonds is 8. The van der Waals surface area contributed by atoms with E-state index in [-0.39, 0.29) is 35.2 Å². The predicted molar refractivity (Wildman–Crippen MR) is 153 cm³/mol. The van der Waals surface area contributed by atoms with Crippen molar-refractivity contribution in [2.45, 2.75) is 44.7 Å². The lowest BCUT2D eigenvalue weighted by Crippen LogP contribution is -2.43. The SMILES string of the molecule is O=C(Nc1ccc(NC(=O)[C@@H]2CC3(CC3)CN2C(=O)CCCn2c(=O)[nH]c3ccccc32)cc1)c1ccccc1. The van der Waals surface area contributed by atoms with E-state index in [0.29, 0.717) is 42.9 Å². The third-order valence-electron chi connectivity index (χ3n) is 7.99. The summed E-state index contributed by atoms with van der Waals surface area (Å²) < 4.78 is 1.66. The lowest BCUT2D eigenvalue weighted by atomic mass is 10.0. The van der Waals surface area contributed by atoms with Crippen molar-refractivity contribution in [3.63, 3.8) is 0 Å². The van der Waals surface area contributed by atoms with E-state index >= 15 is 0 Å². The van der Waals surface area contributed by atoms with Gasteiger partial charge in [-0.2, -0.15) is 0 Å². The number of benzene rings is 3. The number of H-pyrrole nitrogens is 1. The molecular weight excluding hydrogens is 506 g/mol. The lowest BCUT2D eigenvalue weighted by molar-refractivity contribution is -0.136. The number of fused-ring (bicyclic) bond motifs is 1. The second kappa shape index (κ2) is 10.5. The van der Waals surface area contributed by atoms with E-state index in [1.54, 1.807) is 45.9 Å². The number of hydrogen-bond donors (Lipinski definition) is 3. The van der Waals surface area contributed by atoms with Gasteiger partial charge in [0.1, 0.15) is 6.04 Å². The molecule has 1 saturated carbocycles. The number of aromatic amines is 1. The van der Waals surface area contributed by atoms with E-state index in [1.165, 1.54) is 0 Å². The van der Waals surface area contributed by atoms with Crippen LogP contribution in [0.4, 0.5) is 11.4 Å². The van der Waals surface area contributed by atoms with Crippen LogP contribution in [0, 0.1) is 5.41 Å². The first-order valence-corrected chi connectivity index (χ1v) is 13.7. The molecule has 2 fully saturated rings. The van der Waals surface area contributed by atoms with Crippen LogP contribution in [0.2, 0.25) is 0 Å². The van der Waals surface area contributed by atoms with E-state index in [9.17, 15) is 19.2 Å². The first-order valence-electron chi connectivity index (χ1n) is 13.7. The van der Waals surface area contributed by atoms with Gasteiger partial charge in [-0.05, 0) is 79.6 Å². The van der Waals surface area contributed by atoms with Crippen LogP contribution in [0.25, 0.3) is 11.0 Å². The molecule has 2 heterocycles. The van der Waals surface area contributed by atoms with E-state index in [2.05, 4.69) is 15.6 Å². The van der Waals surface area contributed by atoms with Gasteiger partial charge in [0.2, 0.25) is 11.8 Å². The van der Waals surface area contributed by atoms with Crippen LogP contribution in [0.3, 0.4) is 0 Å². The van der Waals surface area contributed by atoms with Crippen LogP contribution < -0.4 is 16.3 Å². The van der Waals surface area contributed by atoms with Crippen molar-refractivity contribution < 1.29 is 14.4 Å². The molecule has 9 heteroatoms. The number of likely N-dealkylation sites (tertiary alicyclic amines) is 1. The summed E-state index contributed by atoms with van der Waals surface area (Å²) in [6, 6.07) is 22.9. The Hall–Kier alpha value is -4.66. The Morgan fingerprint density at radius 1 is 0.875 bits per heavy atom. The minimum absolute atomic E-state index is 0.0526. The van der Waals surface area contributed by atoms with Crippen LogP contribution in [0.1, 0.15) is 42.5 Å². The Morgan fingerprint density at radius 2 is 1.55 bits per heavy atom. The fraction of sp³-hybridized carbons (Fsp3) is 0.290. The Kier molecular flexibility index (Phi) is 6.71. The Balaban J connectivity index is 1.06. The highest BCUT2D eigenvalue weighted by molar-refractivity contribution is 6.04. The third kappa shape index (κ3) is 5.27. The Bertz CT molecular complexity index is 1620. The number of amides is 3. The Labute approximate surface area is 231 Å². The largest absolute Gasteiger partial charge is 0.330 e. The second-order valence-electron chi connectivity index (χ2n) is 10.8. The molecular formula is C31H31N5O4. The molecule has 6 rings (SSSR count). The van der Waals surface area contributed by atoms with Crippen LogP contribution in [0.5, 0.6) is 0 Å². The molecule has 0 bridgehead atoms. The summed E-state index contributed by atoms with van der Waals surface area (Å²) in [5.41, 5.74) is 3.25. The van der Waals surface area contributed by atoms with Crippen LogP contribution in [-0.2, 0) is 16.1 Å². The first-order chi connectivity index (χ1) is 19.4. The molecule has 3 N–H and O–H groups in total. The van der Waals surface area contributed by atoms with Crippen molar-refractivity contribution in [1.29, 1.82) is 0 Å². The number of aryl methyl sites for hydroxylation is 1. The molecule has 1 atom stereocenters. The number of nitrogens with zero attached hydrogens (tertiary/aromatic N) is 2. The molecule has 0 unspecified atom stereocenters. The van der Waals surface area contributed by atoms with Gasteiger partial charge >= 0.3 is 5.69 Å². The topological polar surface area (TPSA) is 116 Å². The minimum Gasteiger partial charge on any atom is -0.330 e. The predicted octanol–water partition coefficient (Wildman–Crippen LogP) is 4.38. The lowest BCUT2D eigenvalue weighted by Gasteiger charge is -2.24. The number of imidazole rings is 1. The zero-order valence-corrected chi connectivity index (χ0v) is 22.1.